The molecule has 4 rings (SSSR count). The molecule has 8 heteroatoms. The van der Waals surface area contributed by atoms with Crippen LogP contribution in [0, 0.1) is 11.8 Å². The molecule has 1 aromatic heterocycles. The molecule has 0 aliphatic heterocycles. The Morgan fingerprint density at radius 2 is 1.75 bits per heavy atom. The molecule has 0 aliphatic carbocycles. The second-order valence-electron chi connectivity index (χ2n) is 7.94. The molecule has 0 atom stereocenters. The van der Waals surface area contributed by atoms with E-state index in [4.69, 9.17) is 25.7 Å². The van der Waals surface area contributed by atoms with Crippen LogP contribution >= 0.6 is 0 Å². The molecule has 36 heavy (non-hydrogen) atoms. The lowest BCUT2D eigenvalue weighted by Crippen LogP contribution is -2.04. The predicted molar refractivity (Wildman–Crippen MR) is 139 cm³/mol. The van der Waals surface area contributed by atoms with Crippen LogP contribution in [0.4, 0.5) is 11.8 Å². The van der Waals surface area contributed by atoms with E-state index >= 15 is 0 Å². The third kappa shape index (κ3) is 5.31. The van der Waals surface area contributed by atoms with Gasteiger partial charge in [-0.15, -0.1) is 0 Å². The highest BCUT2D eigenvalue weighted by molar-refractivity contribution is 5.95. The van der Waals surface area contributed by atoms with E-state index < -0.39 is 0 Å². The van der Waals surface area contributed by atoms with Crippen LogP contribution in [0.1, 0.15) is 39.5 Å². The number of ether oxygens (including phenoxy) is 3. The van der Waals surface area contributed by atoms with Gasteiger partial charge in [0.2, 0.25) is 5.95 Å². The Kier molecular flexibility index (Phi) is 7.21. The van der Waals surface area contributed by atoms with Crippen molar-refractivity contribution in [2.75, 3.05) is 32.3 Å². The maximum absolute atomic E-state index is 12.0. The molecule has 0 amide bonds. The van der Waals surface area contributed by atoms with Gasteiger partial charge in [0, 0.05) is 23.7 Å². The van der Waals surface area contributed by atoms with Crippen LogP contribution in [0.25, 0.3) is 10.8 Å². The van der Waals surface area contributed by atoms with E-state index in [1.807, 2.05) is 42.5 Å². The third-order valence-electron chi connectivity index (χ3n) is 5.54. The fourth-order valence-electron chi connectivity index (χ4n) is 3.81. The summed E-state index contributed by atoms with van der Waals surface area (Å²) in [5, 5.41) is 1.89. The number of hydrogen-bond donors (Lipinski definition) is 2. The first-order chi connectivity index (χ1) is 17.4. The fraction of sp³-hybridized carbons (Fsp3) is 0.179. The summed E-state index contributed by atoms with van der Waals surface area (Å²) < 4.78 is 16.2. The van der Waals surface area contributed by atoms with Crippen molar-refractivity contribution in [1.29, 1.82) is 0 Å². The van der Waals surface area contributed by atoms with E-state index in [0.717, 1.165) is 27.5 Å². The number of aromatic nitrogens is 2. The zero-order valence-corrected chi connectivity index (χ0v) is 20.3. The molecular weight excluding hydrogens is 456 g/mol. The normalized spacial score (nSPS) is 10.4. The van der Waals surface area contributed by atoms with Gasteiger partial charge < -0.3 is 25.7 Å². The van der Waals surface area contributed by atoms with Crippen LogP contribution in [0.15, 0.2) is 54.7 Å². The Bertz CT molecular complexity index is 1510. The van der Waals surface area contributed by atoms with Crippen LogP contribution in [0.5, 0.6) is 11.5 Å². The number of rotatable bonds is 6. The molecule has 0 fully saturated rings. The van der Waals surface area contributed by atoms with E-state index in [-0.39, 0.29) is 11.9 Å². The maximum atomic E-state index is 12.0. The smallest absolute Gasteiger partial charge is 0.338 e. The molecule has 3 aromatic carbocycles. The largest absolute Gasteiger partial charge is 0.493 e. The zero-order chi connectivity index (χ0) is 25.7. The molecule has 0 spiro atoms. The summed E-state index contributed by atoms with van der Waals surface area (Å²) in [5.74, 6) is 7.62. The van der Waals surface area contributed by atoms with Gasteiger partial charge in [-0.25, -0.2) is 9.78 Å². The first kappa shape index (κ1) is 24.4. The average Bonchev–Trinajstić information content (AvgIpc) is 2.88. The van der Waals surface area contributed by atoms with Crippen molar-refractivity contribution in [1.82, 2.24) is 9.97 Å². The summed E-state index contributed by atoms with van der Waals surface area (Å²) in [5.41, 5.74) is 15.3. The van der Waals surface area contributed by atoms with Gasteiger partial charge in [-0.1, -0.05) is 24.0 Å². The number of nitrogens with zero attached hydrogens (tertiary/aromatic N) is 2. The van der Waals surface area contributed by atoms with Crippen LogP contribution in [0.2, 0.25) is 0 Å². The van der Waals surface area contributed by atoms with Gasteiger partial charge in [0.05, 0.1) is 32.0 Å². The molecular formula is C28H26N4O4. The number of fused-ring (bicyclic) bond motifs is 1. The SMILES string of the molecule is CCOC(=O)c1ccc2cc(C#Cc3cc(Cc4cnc(N)nc4N)cc(OC)c3OC)ccc2c1. The van der Waals surface area contributed by atoms with Gasteiger partial charge in [-0.05, 0) is 59.7 Å². The molecule has 4 N–H and O–H groups in total. The molecule has 1 heterocycles. The lowest BCUT2D eigenvalue weighted by atomic mass is 10.0. The average molecular weight is 483 g/mol. The topological polar surface area (TPSA) is 123 Å². The van der Waals surface area contributed by atoms with E-state index in [1.54, 1.807) is 33.4 Å². The van der Waals surface area contributed by atoms with Gasteiger partial charge in [-0.3, -0.25) is 0 Å². The highest BCUT2D eigenvalue weighted by Crippen LogP contribution is 2.33. The molecule has 182 valence electrons. The summed E-state index contributed by atoms with van der Waals surface area (Å²) in [7, 11) is 3.15. The summed E-state index contributed by atoms with van der Waals surface area (Å²) >= 11 is 0. The second-order valence-corrected chi connectivity index (χ2v) is 7.94. The van der Waals surface area contributed by atoms with Crippen molar-refractivity contribution in [3.63, 3.8) is 0 Å². The number of benzene rings is 3. The standard InChI is InChI=1S/C28H26N4O4/c1-4-36-27(33)22-10-9-19-11-17(5-7-20(19)15-22)6-8-21-12-18(14-24(34-2)25(21)35-3)13-23-16-31-28(30)32-26(23)29/h5,7,9-12,14-16H,4,13H2,1-3H3,(H4,29,30,31,32). The highest BCUT2D eigenvalue weighted by atomic mass is 16.5. The maximum Gasteiger partial charge on any atom is 0.338 e. The summed E-state index contributed by atoms with van der Waals surface area (Å²) in [6.07, 6.45) is 2.09. The molecule has 0 bridgehead atoms. The number of nitrogens with two attached hydrogens (primary N) is 2. The van der Waals surface area contributed by atoms with Gasteiger partial charge >= 0.3 is 5.97 Å². The number of carbonyl (C=O) groups excluding carboxylic acids is 1. The number of carbonyl (C=O) groups is 1. The van der Waals surface area contributed by atoms with Gasteiger partial charge in [0.25, 0.3) is 0 Å². The molecule has 4 aromatic rings. The number of hydrogen-bond acceptors (Lipinski definition) is 8. The Morgan fingerprint density at radius 1 is 0.972 bits per heavy atom. The van der Waals surface area contributed by atoms with E-state index in [9.17, 15) is 4.79 Å². The molecule has 0 saturated heterocycles. The lowest BCUT2D eigenvalue weighted by molar-refractivity contribution is 0.0526. The monoisotopic (exact) mass is 482 g/mol. The highest BCUT2D eigenvalue weighted by Gasteiger charge is 2.13. The van der Waals surface area contributed by atoms with Crippen molar-refractivity contribution in [3.8, 4) is 23.3 Å². The van der Waals surface area contributed by atoms with Crippen LogP contribution < -0.4 is 20.9 Å². The number of esters is 1. The van der Waals surface area contributed by atoms with Crippen molar-refractivity contribution in [3.05, 3.63) is 82.5 Å². The number of anilines is 2. The first-order valence-corrected chi connectivity index (χ1v) is 11.3. The van der Waals surface area contributed by atoms with Crippen molar-refractivity contribution < 1.29 is 19.0 Å². The van der Waals surface area contributed by atoms with E-state index in [2.05, 4.69) is 21.8 Å². The van der Waals surface area contributed by atoms with Crippen molar-refractivity contribution >= 4 is 28.5 Å². The molecule has 0 radical (unpaired) electrons. The van der Waals surface area contributed by atoms with Gasteiger partial charge in [-0.2, -0.15) is 4.98 Å². The summed E-state index contributed by atoms with van der Waals surface area (Å²) in [6, 6.07) is 15.1. The van der Waals surface area contributed by atoms with E-state index in [0.29, 0.717) is 41.5 Å². The van der Waals surface area contributed by atoms with Crippen LogP contribution in [0.3, 0.4) is 0 Å². The Labute approximate surface area is 209 Å². The minimum absolute atomic E-state index is 0.127. The second kappa shape index (κ2) is 10.7. The summed E-state index contributed by atoms with van der Waals surface area (Å²) in [4.78, 5) is 20.1. The Balaban J connectivity index is 1.68. The van der Waals surface area contributed by atoms with Gasteiger partial charge in [0.1, 0.15) is 5.82 Å². The lowest BCUT2D eigenvalue weighted by Gasteiger charge is -2.13. The quantitative estimate of drug-likeness (QED) is 0.313. The Morgan fingerprint density at radius 3 is 2.47 bits per heavy atom. The molecule has 0 aliphatic rings. The van der Waals surface area contributed by atoms with E-state index in [1.165, 1.54) is 0 Å². The Hall–Kier alpha value is -4.77. The van der Waals surface area contributed by atoms with Crippen LogP contribution in [-0.4, -0.2) is 36.8 Å². The van der Waals surface area contributed by atoms with Crippen molar-refractivity contribution in [2.45, 2.75) is 13.3 Å². The number of methoxy groups -OCH3 is 2. The zero-order valence-electron chi connectivity index (χ0n) is 20.3. The predicted octanol–water partition coefficient (Wildman–Crippen LogP) is 3.98. The summed E-state index contributed by atoms with van der Waals surface area (Å²) in [6.45, 7) is 2.12. The molecule has 8 nitrogen and oxygen atoms in total. The van der Waals surface area contributed by atoms with Crippen LogP contribution in [-0.2, 0) is 11.2 Å². The number of nitrogen functional groups attached to an aromatic ring is 2. The minimum atomic E-state index is -0.337. The van der Waals surface area contributed by atoms with Crippen molar-refractivity contribution in [2.24, 2.45) is 0 Å². The third-order valence-corrected chi connectivity index (χ3v) is 5.54. The first-order valence-electron chi connectivity index (χ1n) is 11.3. The van der Waals surface area contributed by atoms with Gasteiger partial charge in [0.15, 0.2) is 11.5 Å². The molecule has 0 unspecified atom stereocenters. The molecule has 0 saturated carbocycles. The minimum Gasteiger partial charge on any atom is -0.493 e. The fourth-order valence-corrected chi connectivity index (χ4v) is 3.81.